The Morgan fingerprint density at radius 1 is 1.06 bits per heavy atom. The molecule has 0 spiro atoms. The summed E-state index contributed by atoms with van der Waals surface area (Å²) in [5.41, 5.74) is 2.71. The van der Waals surface area contributed by atoms with E-state index in [0.29, 0.717) is 34.8 Å². The highest BCUT2D eigenvalue weighted by molar-refractivity contribution is 7.99. The van der Waals surface area contributed by atoms with Crippen molar-refractivity contribution in [2.75, 3.05) is 17.3 Å². The van der Waals surface area contributed by atoms with Gasteiger partial charge >= 0.3 is 0 Å². The Labute approximate surface area is 208 Å². The van der Waals surface area contributed by atoms with Crippen LogP contribution in [0.4, 0.5) is 5.69 Å². The highest BCUT2D eigenvalue weighted by Crippen LogP contribution is 2.46. The van der Waals surface area contributed by atoms with Crippen LogP contribution in [0.3, 0.4) is 0 Å². The first-order chi connectivity index (χ1) is 17.1. The molecule has 5 rings (SSSR count). The first-order valence-electron chi connectivity index (χ1n) is 11.7. The Morgan fingerprint density at radius 3 is 2.66 bits per heavy atom. The predicted octanol–water partition coefficient (Wildman–Crippen LogP) is 6.04. The van der Waals surface area contributed by atoms with E-state index in [0.717, 1.165) is 34.1 Å². The minimum Gasteiger partial charge on any atom is -0.493 e. The number of rotatable bonds is 6. The zero-order chi connectivity index (χ0) is 24.4. The quantitative estimate of drug-likeness (QED) is 0.308. The maximum Gasteiger partial charge on any atom is 0.247 e. The summed E-state index contributed by atoms with van der Waals surface area (Å²) in [6, 6.07) is 19.6. The van der Waals surface area contributed by atoms with E-state index in [4.69, 9.17) is 14.5 Å². The molecule has 1 amide bonds. The topological polar surface area (TPSA) is 77.4 Å². The average Bonchev–Trinajstić information content (AvgIpc) is 3.01. The Kier molecular flexibility index (Phi) is 6.55. The van der Waals surface area contributed by atoms with E-state index in [1.165, 1.54) is 18.7 Å². The van der Waals surface area contributed by atoms with Gasteiger partial charge in [-0.05, 0) is 35.1 Å². The summed E-state index contributed by atoms with van der Waals surface area (Å²) in [5.74, 6) is 1.65. The summed E-state index contributed by atoms with van der Waals surface area (Å²) in [4.78, 5) is 19.6. The van der Waals surface area contributed by atoms with Gasteiger partial charge in [0, 0.05) is 12.5 Å². The minimum atomic E-state index is -0.816. The van der Waals surface area contributed by atoms with Crippen molar-refractivity contribution in [2.45, 2.75) is 38.6 Å². The monoisotopic (exact) mass is 486 g/mol. The molecule has 8 heteroatoms. The lowest BCUT2D eigenvalue weighted by Crippen LogP contribution is -2.36. The van der Waals surface area contributed by atoms with Crippen molar-refractivity contribution in [3.05, 3.63) is 66.2 Å². The van der Waals surface area contributed by atoms with Gasteiger partial charge in [0.25, 0.3) is 0 Å². The van der Waals surface area contributed by atoms with Crippen LogP contribution in [0.1, 0.15) is 39.0 Å². The zero-order valence-electron chi connectivity index (χ0n) is 19.9. The lowest BCUT2D eigenvalue weighted by Gasteiger charge is -2.31. The van der Waals surface area contributed by atoms with Crippen molar-refractivity contribution < 1.29 is 14.3 Å². The van der Waals surface area contributed by atoms with E-state index in [1.54, 1.807) is 4.90 Å². The number of ether oxygens (including phenoxy) is 2. The molecule has 0 saturated carbocycles. The van der Waals surface area contributed by atoms with Crippen LogP contribution in [0.15, 0.2) is 65.8 Å². The summed E-state index contributed by atoms with van der Waals surface area (Å²) in [6.07, 6.45) is 0.0401. The number of hydrogen-bond acceptors (Lipinski definition) is 7. The van der Waals surface area contributed by atoms with E-state index < -0.39 is 6.23 Å². The Hall–Kier alpha value is -3.65. The second kappa shape index (κ2) is 9.92. The fraction of sp³-hybridized carbons (Fsp3) is 0.259. The Balaban J connectivity index is 1.80. The lowest BCUT2D eigenvalue weighted by molar-refractivity contribution is -0.118. The van der Waals surface area contributed by atoms with Gasteiger partial charge in [0.1, 0.15) is 5.75 Å². The Morgan fingerprint density at radius 2 is 1.86 bits per heavy atom. The van der Waals surface area contributed by atoms with Gasteiger partial charge in [-0.1, -0.05) is 74.1 Å². The molecule has 0 fully saturated rings. The van der Waals surface area contributed by atoms with Gasteiger partial charge in [-0.3, -0.25) is 9.69 Å². The first-order valence-corrected chi connectivity index (χ1v) is 12.7. The van der Waals surface area contributed by atoms with Crippen molar-refractivity contribution in [3.8, 4) is 22.9 Å². The maximum absolute atomic E-state index is 13.2. The van der Waals surface area contributed by atoms with Crippen LogP contribution in [-0.2, 0) is 4.79 Å². The van der Waals surface area contributed by atoms with Gasteiger partial charge in [0.05, 0.1) is 17.9 Å². The van der Waals surface area contributed by atoms with Crippen molar-refractivity contribution in [1.82, 2.24) is 15.2 Å². The highest BCUT2D eigenvalue weighted by atomic mass is 32.2. The van der Waals surface area contributed by atoms with Crippen LogP contribution in [0.2, 0.25) is 0 Å². The molecule has 2 heterocycles. The maximum atomic E-state index is 13.2. The van der Waals surface area contributed by atoms with Crippen molar-refractivity contribution in [2.24, 2.45) is 0 Å². The zero-order valence-corrected chi connectivity index (χ0v) is 20.7. The smallest absolute Gasteiger partial charge is 0.247 e. The molecule has 1 aliphatic heterocycles. The molecule has 7 nitrogen and oxygen atoms in total. The number of anilines is 1. The molecule has 35 heavy (non-hydrogen) atoms. The largest absolute Gasteiger partial charge is 0.493 e. The number of carbonyl (C=O) groups excluding carboxylic acids is 1. The molecular weight excluding hydrogens is 460 g/mol. The number of nitrogens with zero attached hydrogens (tertiary/aromatic N) is 4. The van der Waals surface area contributed by atoms with E-state index in [2.05, 4.69) is 17.1 Å². The minimum absolute atomic E-state index is 0.166. The number of benzene rings is 3. The second-order valence-corrected chi connectivity index (χ2v) is 9.34. The molecule has 0 unspecified atom stereocenters. The molecule has 0 radical (unpaired) electrons. The van der Waals surface area contributed by atoms with Crippen molar-refractivity contribution >= 4 is 34.1 Å². The summed E-state index contributed by atoms with van der Waals surface area (Å²) in [5, 5.41) is 11.3. The third kappa shape index (κ3) is 4.30. The SMILES string of the molecule is CCCOc1ccc2ccccc2c1[C@@H]1Oc2nc(SCC)nnc2-c2ccccc2N1C(C)=O. The summed E-state index contributed by atoms with van der Waals surface area (Å²) >= 11 is 1.49. The standard InChI is InChI=1S/C27H26N4O3S/c1-4-16-33-22-15-14-18-10-6-7-11-19(18)23(22)26-31(17(3)32)21-13-9-8-12-20(21)24-25(34-26)28-27(30-29-24)35-5-2/h6-15,26H,4-5,16H2,1-3H3/t26-/m0/s1. The third-order valence-electron chi connectivity index (χ3n) is 5.76. The molecule has 3 aromatic carbocycles. The molecule has 0 N–H and O–H groups in total. The number of carbonyl (C=O) groups is 1. The van der Waals surface area contributed by atoms with Gasteiger partial charge in [-0.2, -0.15) is 4.98 Å². The lowest BCUT2D eigenvalue weighted by atomic mass is 10.0. The van der Waals surface area contributed by atoms with Crippen LogP contribution in [-0.4, -0.2) is 33.4 Å². The van der Waals surface area contributed by atoms with Gasteiger partial charge in [-0.15, -0.1) is 10.2 Å². The van der Waals surface area contributed by atoms with Crippen LogP contribution < -0.4 is 14.4 Å². The number of thioether (sulfide) groups is 1. The van der Waals surface area contributed by atoms with Crippen LogP contribution in [0.25, 0.3) is 22.0 Å². The molecular formula is C27H26N4O3S. The van der Waals surface area contributed by atoms with E-state index in [9.17, 15) is 4.79 Å². The predicted molar refractivity (Wildman–Crippen MR) is 138 cm³/mol. The number of fused-ring (bicyclic) bond motifs is 4. The fourth-order valence-corrected chi connectivity index (χ4v) is 4.80. The number of hydrogen-bond donors (Lipinski definition) is 0. The van der Waals surface area contributed by atoms with E-state index in [-0.39, 0.29) is 5.91 Å². The van der Waals surface area contributed by atoms with Gasteiger partial charge in [-0.25, -0.2) is 0 Å². The van der Waals surface area contributed by atoms with Gasteiger partial charge < -0.3 is 9.47 Å². The summed E-state index contributed by atoms with van der Waals surface area (Å²) in [6.45, 7) is 6.18. The molecule has 1 aromatic heterocycles. The van der Waals surface area contributed by atoms with Gasteiger partial charge in [0.15, 0.2) is 5.69 Å². The summed E-state index contributed by atoms with van der Waals surface area (Å²) in [7, 11) is 0. The van der Waals surface area contributed by atoms with Crippen molar-refractivity contribution in [3.63, 3.8) is 0 Å². The number of aromatic nitrogens is 3. The molecule has 0 aliphatic carbocycles. The fourth-order valence-electron chi connectivity index (χ4n) is 4.30. The van der Waals surface area contributed by atoms with Crippen LogP contribution in [0.5, 0.6) is 11.6 Å². The second-order valence-electron chi connectivity index (χ2n) is 8.10. The van der Waals surface area contributed by atoms with E-state index in [1.807, 2.05) is 67.6 Å². The van der Waals surface area contributed by atoms with Gasteiger partial charge in [0.2, 0.25) is 23.2 Å². The molecule has 1 aliphatic rings. The molecule has 4 aromatic rings. The van der Waals surface area contributed by atoms with Crippen LogP contribution >= 0.6 is 11.8 Å². The number of amides is 1. The number of para-hydroxylation sites is 1. The molecule has 1 atom stereocenters. The Bertz CT molecular complexity index is 1390. The van der Waals surface area contributed by atoms with Crippen LogP contribution in [0, 0.1) is 0 Å². The normalized spacial score (nSPS) is 14.6. The molecule has 0 saturated heterocycles. The van der Waals surface area contributed by atoms with E-state index >= 15 is 0 Å². The third-order valence-corrected chi connectivity index (χ3v) is 6.48. The molecule has 178 valence electrons. The van der Waals surface area contributed by atoms with Crippen molar-refractivity contribution in [1.29, 1.82) is 0 Å². The molecule has 0 bridgehead atoms. The first kappa shape index (κ1) is 23.1. The highest BCUT2D eigenvalue weighted by Gasteiger charge is 2.37. The summed E-state index contributed by atoms with van der Waals surface area (Å²) < 4.78 is 12.8. The average molecular weight is 487 g/mol.